The summed E-state index contributed by atoms with van der Waals surface area (Å²) in [6.07, 6.45) is 0. The van der Waals surface area contributed by atoms with Crippen molar-refractivity contribution in [1.82, 2.24) is 0 Å². The van der Waals surface area contributed by atoms with Crippen molar-refractivity contribution in [1.29, 1.82) is 0 Å². The van der Waals surface area contributed by atoms with Crippen molar-refractivity contribution in [3.63, 3.8) is 0 Å². The molecule has 0 saturated carbocycles. The lowest BCUT2D eigenvalue weighted by molar-refractivity contribution is 0.595. The van der Waals surface area contributed by atoms with Crippen molar-refractivity contribution in [3.8, 4) is 0 Å². The van der Waals surface area contributed by atoms with Gasteiger partial charge in [-0.25, -0.2) is 0 Å². The van der Waals surface area contributed by atoms with E-state index < -0.39 is 10.2 Å². The lowest BCUT2D eigenvalue weighted by atomic mass is 10.2. The smallest absolute Gasteiger partial charge is 0.254 e. The summed E-state index contributed by atoms with van der Waals surface area (Å²) in [6.45, 7) is 1.94. The van der Waals surface area contributed by atoms with Crippen molar-refractivity contribution in [2.75, 3.05) is 22.7 Å². The molecular weight excluding hydrogens is 200 g/mol. The highest BCUT2D eigenvalue weighted by Gasteiger charge is 2.34. The first-order chi connectivity index (χ1) is 6.44. The summed E-state index contributed by atoms with van der Waals surface area (Å²) in [6, 6.07) is 5.60. The molecule has 14 heavy (non-hydrogen) atoms. The molecule has 1 aliphatic rings. The first-order valence-electron chi connectivity index (χ1n) is 4.28. The van der Waals surface area contributed by atoms with Gasteiger partial charge in [-0.05, 0) is 24.6 Å². The van der Waals surface area contributed by atoms with E-state index in [1.54, 1.807) is 14.1 Å². The van der Waals surface area contributed by atoms with Gasteiger partial charge in [0.2, 0.25) is 0 Å². The Hall–Kier alpha value is -1.23. The molecule has 0 saturated heterocycles. The van der Waals surface area contributed by atoms with Gasteiger partial charge in [0.05, 0.1) is 11.4 Å². The lowest BCUT2D eigenvalue weighted by Crippen LogP contribution is -2.32. The molecule has 0 radical (unpaired) electrons. The third-order valence-electron chi connectivity index (χ3n) is 2.50. The van der Waals surface area contributed by atoms with Crippen LogP contribution in [-0.2, 0) is 10.2 Å². The van der Waals surface area contributed by atoms with E-state index in [9.17, 15) is 8.42 Å². The number of anilines is 2. The van der Waals surface area contributed by atoms with Crippen LogP contribution in [0.25, 0.3) is 0 Å². The number of nitrogens with zero attached hydrogens (tertiary/aromatic N) is 2. The van der Waals surface area contributed by atoms with Crippen LogP contribution in [0.5, 0.6) is 0 Å². The molecule has 0 atom stereocenters. The van der Waals surface area contributed by atoms with Crippen LogP contribution < -0.4 is 8.61 Å². The fraction of sp³-hybridized carbons (Fsp3) is 0.333. The monoisotopic (exact) mass is 212 g/mol. The van der Waals surface area contributed by atoms with E-state index >= 15 is 0 Å². The first kappa shape index (κ1) is 9.33. The predicted octanol–water partition coefficient (Wildman–Crippen LogP) is 1.13. The molecule has 4 nitrogen and oxygen atoms in total. The van der Waals surface area contributed by atoms with Crippen LogP contribution in [0.1, 0.15) is 5.56 Å². The van der Waals surface area contributed by atoms with E-state index in [0.29, 0.717) is 0 Å². The van der Waals surface area contributed by atoms with Crippen molar-refractivity contribution < 1.29 is 8.42 Å². The fourth-order valence-electron chi connectivity index (χ4n) is 1.58. The van der Waals surface area contributed by atoms with Gasteiger partial charge < -0.3 is 0 Å². The van der Waals surface area contributed by atoms with Crippen LogP contribution in [-0.4, -0.2) is 22.5 Å². The molecule has 0 amide bonds. The van der Waals surface area contributed by atoms with Gasteiger partial charge >= 0.3 is 10.2 Å². The Morgan fingerprint density at radius 3 is 2.29 bits per heavy atom. The normalized spacial score (nSPS) is 18.5. The lowest BCUT2D eigenvalue weighted by Gasteiger charge is -2.13. The zero-order valence-corrected chi connectivity index (χ0v) is 9.17. The molecular formula is C9H12N2O2S. The Morgan fingerprint density at radius 1 is 1.07 bits per heavy atom. The van der Waals surface area contributed by atoms with Crippen molar-refractivity contribution in [2.45, 2.75) is 6.92 Å². The highest BCUT2D eigenvalue weighted by atomic mass is 32.2. The second-order valence-corrected chi connectivity index (χ2v) is 5.43. The van der Waals surface area contributed by atoms with Crippen LogP contribution >= 0.6 is 0 Å². The number of hydrogen-bond donors (Lipinski definition) is 0. The first-order valence-corrected chi connectivity index (χ1v) is 5.68. The summed E-state index contributed by atoms with van der Waals surface area (Å²) in [4.78, 5) is 0. The van der Waals surface area contributed by atoms with Gasteiger partial charge in [-0.3, -0.25) is 8.61 Å². The standard InChI is InChI=1S/C9H12N2O2S/c1-7-4-5-8-9(6-7)11(3)14(12,13)10(8)2/h4-6H,1-3H3. The molecule has 0 aromatic heterocycles. The Bertz CT molecular complexity index is 482. The molecule has 0 aliphatic carbocycles. The summed E-state index contributed by atoms with van der Waals surface area (Å²) < 4.78 is 26.0. The topological polar surface area (TPSA) is 40.6 Å². The molecule has 0 unspecified atom stereocenters. The predicted molar refractivity (Wildman–Crippen MR) is 56.9 cm³/mol. The Labute approximate surface area is 83.9 Å². The van der Waals surface area contributed by atoms with Crippen LogP contribution in [0.15, 0.2) is 18.2 Å². The number of benzene rings is 1. The second-order valence-electron chi connectivity index (χ2n) is 3.43. The molecule has 1 heterocycles. The highest BCUT2D eigenvalue weighted by Crippen LogP contribution is 2.38. The van der Waals surface area contributed by atoms with Crippen LogP contribution in [0, 0.1) is 6.92 Å². The average Bonchev–Trinajstić information content (AvgIpc) is 2.29. The number of aryl methyl sites for hydroxylation is 1. The maximum absolute atomic E-state index is 11.7. The largest absolute Gasteiger partial charge is 0.326 e. The number of hydrogen-bond acceptors (Lipinski definition) is 2. The maximum Gasteiger partial charge on any atom is 0.326 e. The van der Waals surface area contributed by atoms with Gasteiger partial charge in [-0.1, -0.05) is 6.07 Å². The van der Waals surface area contributed by atoms with E-state index in [2.05, 4.69) is 0 Å². The Kier molecular flexibility index (Phi) is 1.75. The SMILES string of the molecule is Cc1ccc2c(c1)N(C)S(=O)(=O)N2C. The molecule has 1 aromatic carbocycles. The average molecular weight is 212 g/mol. The van der Waals surface area contributed by atoms with Crippen LogP contribution in [0.2, 0.25) is 0 Å². The summed E-state index contributed by atoms with van der Waals surface area (Å²) >= 11 is 0. The minimum absolute atomic E-state index is 0.734. The minimum atomic E-state index is -3.31. The Morgan fingerprint density at radius 2 is 1.64 bits per heavy atom. The van der Waals surface area contributed by atoms with Gasteiger partial charge in [0.25, 0.3) is 0 Å². The van der Waals surface area contributed by atoms with Gasteiger partial charge in [-0.15, -0.1) is 0 Å². The zero-order valence-electron chi connectivity index (χ0n) is 8.35. The van der Waals surface area contributed by atoms with Crippen LogP contribution in [0.4, 0.5) is 11.4 Å². The van der Waals surface area contributed by atoms with Gasteiger partial charge in [-0.2, -0.15) is 8.42 Å². The van der Waals surface area contributed by atoms with Gasteiger partial charge in [0, 0.05) is 14.1 Å². The summed E-state index contributed by atoms with van der Waals surface area (Å²) in [5.74, 6) is 0. The van der Waals surface area contributed by atoms with Gasteiger partial charge in [0.15, 0.2) is 0 Å². The zero-order chi connectivity index (χ0) is 10.5. The molecule has 0 spiro atoms. The van der Waals surface area contributed by atoms with Crippen molar-refractivity contribution in [3.05, 3.63) is 23.8 Å². The Balaban J connectivity index is 2.71. The van der Waals surface area contributed by atoms with Crippen molar-refractivity contribution >= 4 is 21.6 Å². The van der Waals surface area contributed by atoms with E-state index in [1.165, 1.54) is 8.61 Å². The molecule has 0 fully saturated rings. The van der Waals surface area contributed by atoms with Gasteiger partial charge in [0.1, 0.15) is 0 Å². The number of fused-ring (bicyclic) bond motifs is 1. The quantitative estimate of drug-likeness (QED) is 0.646. The van der Waals surface area contributed by atoms with E-state index in [1.807, 2.05) is 25.1 Å². The molecule has 5 heteroatoms. The van der Waals surface area contributed by atoms with Crippen LogP contribution in [0.3, 0.4) is 0 Å². The summed E-state index contributed by atoms with van der Waals surface area (Å²) in [5.41, 5.74) is 2.53. The number of rotatable bonds is 0. The van der Waals surface area contributed by atoms with E-state index in [0.717, 1.165) is 16.9 Å². The molecule has 0 bridgehead atoms. The highest BCUT2D eigenvalue weighted by molar-refractivity contribution is 7.94. The van der Waals surface area contributed by atoms with Crippen molar-refractivity contribution in [2.24, 2.45) is 0 Å². The third kappa shape index (κ3) is 1.02. The molecule has 1 aliphatic heterocycles. The molecule has 2 rings (SSSR count). The third-order valence-corrected chi connectivity index (χ3v) is 4.28. The van der Waals surface area contributed by atoms with E-state index in [-0.39, 0.29) is 0 Å². The molecule has 76 valence electrons. The second kappa shape index (κ2) is 2.63. The van der Waals surface area contributed by atoms with E-state index in [4.69, 9.17) is 0 Å². The maximum atomic E-state index is 11.7. The molecule has 0 N–H and O–H groups in total. The minimum Gasteiger partial charge on any atom is -0.254 e. The summed E-state index contributed by atoms with van der Waals surface area (Å²) in [5, 5.41) is 0. The molecule has 1 aromatic rings. The summed E-state index contributed by atoms with van der Waals surface area (Å²) in [7, 11) is -0.184. The fourth-order valence-corrected chi connectivity index (χ4v) is 2.75.